The molecule has 1 amide bonds. The third kappa shape index (κ3) is 2.57. The van der Waals surface area contributed by atoms with E-state index in [1.54, 1.807) is 0 Å². The number of halogens is 2. The first-order valence-electron chi connectivity index (χ1n) is 5.85. The van der Waals surface area contributed by atoms with E-state index in [0.29, 0.717) is 18.4 Å². The van der Waals surface area contributed by atoms with Crippen molar-refractivity contribution < 1.29 is 23.5 Å². The van der Waals surface area contributed by atoms with Gasteiger partial charge in [-0.15, -0.1) is 0 Å². The van der Waals surface area contributed by atoms with Gasteiger partial charge in [0.25, 0.3) is 0 Å². The minimum Gasteiger partial charge on any atom is -0.480 e. The molecule has 1 aliphatic rings. The number of carboxylic acid groups (broad SMARTS) is 1. The maximum atomic E-state index is 12.8. The van der Waals surface area contributed by atoms with Crippen molar-refractivity contribution in [1.82, 2.24) is 5.32 Å². The van der Waals surface area contributed by atoms with Gasteiger partial charge in [-0.25, -0.2) is 13.6 Å². The zero-order valence-corrected chi connectivity index (χ0v) is 10.0. The van der Waals surface area contributed by atoms with E-state index in [4.69, 9.17) is 5.11 Å². The van der Waals surface area contributed by atoms with Gasteiger partial charge < -0.3 is 10.4 Å². The lowest BCUT2D eigenvalue weighted by Gasteiger charge is -2.18. The Kier molecular flexibility index (Phi) is 3.50. The molecule has 1 fully saturated rings. The van der Waals surface area contributed by atoms with Crippen molar-refractivity contribution in [3.8, 4) is 0 Å². The van der Waals surface area contributed by atoms with Crippen molar-refractivity contribution in [2.75, 3.05) is 6.67 Å². The summed E-state index contributed by atoms with van der Waals surface area (Å²) >= 11 is 0. The molecule has 0 aliphatic heterocycles. The average molecular weight is 269 g/mol. The Bertz CT molecular complexity index is 497. The molecule has 1 aromatic carbocycles. The molecule has 0 saturated heterocycles. The number of hydrogen-bond acceptors (Lipinski definition) is 2. The Morgan fingerprint density at radius 2 is 1.89 bits per heavy atom. The number of amides is 1. The second-order valence-electron chi connectivity index (χ2n) is 4.61. The number of benzene rings is 1. The topological polar surface area (TPSA) is 66.4 Å². The highest BCUT2D eigenvalue weighted by Crippen LogP contribution is 2.48. The molecule has 19 heavy (non-hydrogen) atoms. The normalized spacial score (nSPS) is 17.6. The molecule has 0 aromatic heterocycles. The van der Waals surface area contributed by atoms with Crippen LogP contribution in [0.25, 0.3) is 0 Å². The molecule has 1 aromatic rings. The van der Waals surface area contributed by atoms with Crippen LogP contribution in [-0.2, 0) is 15.0 Å². The smallest absolute Gasteiger partial charge is 0.328 e. The first-order chi connectivity index (χ1) is 8.99. The fourth-order valence-corrected chi connectivity index (χ4v) is 2.00. The molecule has 1 saturated carbocycles. The molecule has 2 N–H and O–H groups in total. The Balaban J connectivity index is 2.14. The predicted octanol–water partition coefficient (Wildman–Crippen LogP) is 1.40. The summed E-state index contributed by atoms with van der Waals surface area (Å²) in [6.07, 6.45) is 1.09. The monoisotopic (exact) mass is 269 g/mol. The quantitative estimate of drug-likeness (QED) is 0.849. The van der Waals surface area contributed by atoms with Gasteiger partial charge >= 0.3 is 5.97 Å². The van der Waals surface area contributed by atoms with E-state index in [9.17, 15) is 18.4 Å². The molecule has 4 nitrogen and oxygen atoms in total. The maximum Gasteiger partial charge on any atom is 0.328 e. The van der Waals surface area contributed by atoms with E-state index in [2.05, 4.69) is 5.32 Å². The summed E-state index contributed by atoms with van der Waals surface area (Å²) in [6.45, 7) is -1.17. The zero-order chi connectivity index (χ0) is 14.0. The minimum atomic E-state index is -1.54. The molecular weight excluding hydrogens is 256 g/mol. The number of carbonyl (C=O) groups excluding carboxylic acids is 1. The van der Waals surface area contributed by atoms with Gasteiger partial charge in [-0.3, -0.25) is 4.79 Å². The van der Waals surface area contributed by atoms with Crippen LogP contribution < -0.4 is 5.32 Å². The number of carbonyl (C=O) groups is 2. The van der Waals surface area contributed by atoms with Crippen LogP contribution in [-0.4, -0.2) is 29.7 Å². The van der Waals surface area contributed by atoms with Gasteiger partial charge in [-0.05, 0) is 30.5 Å². The van der Waals surface area contributed by atoms with Crippen LogP contribution in [0.2, 0.25) is 0 Å². The Morgan fingerprint density at radius 3 is 2.32 bits per heavy atom. The third-order valence-corrected chi connectivity index (χ3v) is 3.34. The van der Waals surface area contributed by atoms with Crippen molar-refractivity contribution in [2.45, 2.75) is 24.3 Å². The van der Waals surface area contributed by atoms with Crippen LogP contribution in [0.3, 0.4) is 0 Å². The van der Waals surface area contributed by atoms with E-state index < -0.39 is 35.8 Å². The van der Waals surface area contributed by atoms with Crippen LogP contribution in [0.15, 0.2) is 24.3 Å². The molecule has 0 spiro atoms. The summed E-state index contributed by atoms with van der Waals surface area (Å²) in [7, 11) is 0. The molecule has 102 valence electrons. The van der Waals surface area contributed by atoms with E-state index in [-0.39, 0.29) is 0 Å². The van der Waals surface area contributed by atoms with Crippen molar-refractivity contribution in [2.24, 2.45) is 0 Å². The molecule has 2 rings (SSSR count). The average Bonchev–Trinajstić information content (AvgIpc) is 3.17. The van der Waals surface area contributed by atoms with Gasteiger partial charge in [0.05, 0.1) is 5.41 Å². The first-order valence-corrected chi connectivity index (χ1v) is 5.85. The lowest BCUT2D eigenvalue weighted by Crippen LogP contribution is -2.46. The van der Waals surface area contributed by atoms with Crippen molar-refractivity contribution in [3.05, 3.63) is 35.6 Å². The number of aliphatic carboxylic acids is 1. The number of nitrogens with one attached hydrogen (secondary N) is 1. The van der Waals surface area contributed by atoms with Crippen molar-refractivity contribution >= 4 is 11.9 Å². The van der Waals surface area contributed by atoms with Crippen LogP contribution in [0.1, 0.15) is 18.4 Å². The van der Waals surface area contributed by atoms with Crippen LogP contribution in [0, 0.1) is 5.82 Å². The van der Waals surface area contributed by atoms with Gasteiger partial charge in [-0.2, -0.15) is 0 Å². The maximum absolute atomic E-state index is 12.8. The second kappa shape index (κ2) is 4.95. The third-order valence-electron chi connectivity index (χ3n) is 3.34. The standard InChI is InChI=1S/C13H13F2NO3/c14-7-10(11(17)18)16-12(19)13(5-6-13)8-1-3-9(15)4-2-8/h1-4,10H,5-7H2,(H,16,19)(H,17,18). The summed E-state index contributed by atoms with van der Waals surface area (Å²) in [5.74, 6) is -2.35. The second-order valence-corrected chi connectivity index (χ2v) is 4.61. The highest BCUT2D eigenvalue weighted by Gasteiger charge is 2.51. The molecule has 0 heterocycles. The van der Waals surface area contributed by atoms with Crippen LogP contribution >= 0.6 is 0 Å². The summed E-state index contributed by atoms with van der Waals surface area (Å²) in [5, 5.41) is 10.9. The van der Waals surface area contributed by atoms with Crippen molar-refractivity contribution in [3.63, 3.8) is 0 Å². The van der Waals surface area contributed by atoms with Gasteiger partial charge in [0, 0.05) is 0 Å². The lowest BCUT2D eigenvalue weighted by atomic mass is 9.94. The molecular formula is C13H13F2NO3. The fourth-order valence-electron chi connectivity index (χ4n) is 2.00. The predicted molar refractivity (Wildman–Crippen MR) is 62.9 cm³/mol. The van der Waals surface area contributed by atoms with E-state index >= 15 is 0 Å². The lowest BCUT2D eigenvalue weighted by molar-refractivity contribution is -0.142. The molecule has 0 radical (unpaired) electrons. The number of alkyl halides is 1. The highest BCUT2D eigenvalue weighted by atomic mass is 19.1. The van der Waals surface area contributed by atoms with Crippen molar-refractivity contribution in [1.29, 1.82) is 0 Å². The highest BCUT2D eigenvalue weighted by molar-refractivity contribution is 5.94. The molecule has 1 atom stereocenters. The van der Waals surface area contributed by atoms with Crippen LogP contribution in [0.4, 0.5) is 8.78 Å². The minimum absolute atomic E-state index is 0.410. The van der Waals surface area contributed by atoms with Gasteiger partial charge in [0.15, 0.2) is 6.04 Å². The molecule has 0 bridgehead atoms. The Morgan fingerprint density at radius 1 is 1.32 bits per heavy atom. The molecule has 6 heteroatoms. The largest absolute Gasteiger partial charge is 0.480 e. The number of rotatable bonds is 5. The van der Waals surface area contributed by atoms with Crippen LogP contribution in [0.5, 0.6) is 0 Å². The SMILES string of the molecule is O=C(O)C(CF)NC(=O)C1(c2ccc(F)cc2)CC1. The summed E-state index contributed by atoms with van der Waals surface area (Å²) in [5.41, 5.74) is -0.217. The summed E-state index contributed by atoms with van der Waals surface area (Å²) in [6, 6.07) is 3.93. The van der Waals surface area contributed by atoms with Gasteiger partial charge in [-0.1, -0.05) is 12.1 Å². The summed E-state index contributed by atoms with van der Waals surface area (Å²) in [4.78, 5) is 22.7. The zero-order valence-electron chi connectivity index (χ0n) is 10.0. The Hall–Kier alpha value is -1.98. The van der Waals surface area contributed by atoms with E-state index in [0.717, 1.165) is 0 Å². The molecule has 1 aliphatic carbocycles. The number of hydrogen-bond donors (Lipinski definition) is 2. The molecule has 1 unspecified atom stereocenters. The van der Waals surface area contributed by atoms with Gasteiger partial charge in [0.1, 0.15) is 12.5 Å². The van der Waals surface area contributed by atoms with E-state index in [1.807, 2.05) is 0 Å². The first kappa shape index (κ1) is 13.5. The number of carboxylic acids is 1. The van der Waals surface area contributed by atoms with E-state index in [1.165, 1.54) is 24.3 Å². The van der Waals surface area contributed by atoms with Gasteiger partial charge in [0.2, 0.25) is 5.91 Å². The Labute approximate surface area is 108 Å². The fraction of sp³-hybridized carbons (Fsp3) is 0.385. The summed E-state index contributed by atoms with van der Waals surface area (Å²) < 4.78 is 25.3.